The van der Waals surface area contributed by atoms with Gasteiger partial charge in [-0.05, 0) is 68.0 Å². The molecule has 35 heavy (non-hydrogen) atoms. The predicted molar refractivity (Wildman–Crippen MR) is 136 cm³/mol. The van der Waals surface area contributed by atoms with Crippen LogP contribution in [0.1, 0.15) is 52.7 Å². The molecule has 0 fully saturated rings. The van der Waals surface area contributed by atoms with Crippen LogP contribution in [0.2, 0.25) is 0 Å². The number of hydrogen-bond donors (Lipinski definition) is 0. The van der Waals surface area contributed by atoms with E-state index in [0.717, 1.165) is 24.0 Å². The average molecular weight is 495 g/mol. The van der Waals surface area contributed by atoms with E-state index in [0.29, 0.717) is 17.9 Å². The number of carbonyl (C=O) groups excluding carboxylic acids is 2. The first-order valence-corrected chi connectivity index (χ1v) is 12.9. The minimum Gasteiger partial charge on any atom is -0.491 e. The molecule has 1 aromatic heterocycles. The van der Waals surface area contributed by atoms with Crippen molar-refractivity contribution in [3.63, 3.8) is 0 Å². The average Bonchev–Trinajstić information content (AvgIpc) is 3.34. The SMILES string of the molecule is CC[C@H](C)N(CC(=O)N1CCc2sccc2[C@H]1COc1cccc(F)c1)C(=O)c1ccc(C)cc1. The second-order valence-electron chi connectivity index (χ2n) is 8.98. The number of thiophene rings is 1. The van der Waals surface area contributed by atoms with Crippen LogP contribution < -0.4 is 4.74 Å². The van der Waals surface area contributed by atoms with Crippen molar-refractivity contribution in [2.45, 2.75) is 45.7 Å². The summed E-state index contributed by atoms with van der Waals surface area (Å²) in [6.45, 7) is 6.73. The van der Waals surface area contributed by atoms with Crippen LogP contribution in [-0.2, 0) is 11.2 Å². The molecule has 0 spiro atoms. The molecule has 0 bridgehead atoms. The number of fused-ring (bicyclic) bond motifs is 1. The van der Waals surface area contributed by atoms with Gasteiger partial charge in [0.25, 0.3) is 5.91 Å². The lowest BCUT2D eigenvalue weighted by atomic mass is 10.00. The van der Waals surface area contributed by atoms with Crippen molar-refractivity contribution in [2.75, 3.05) is 19.7 Å². The number of benzene rings is 2. The topological polar surface area (TPSA) is 49.9 Å². The molecule has 0 radical (unpaired) electrons. The molecular formula is C28H31FN2O3S. The van der Waals surface area contributed by atoms with Gasteiger partial charge in [-0.1, -0.05) is 30.7 Å². The summed E-state index contributed by atoms with van der Waals surface area (Å²) in [5, 5.41) is 2.03. The Balaban J connectivity index is 1.54. The predicted octanol–water partition coefficient (Wildman–Crippen LogP) is 5.64. The van der Waals surface area contributed by atoms with Crippen molar-refractivity contribution in [2.24, 2.45) is 0 Å². The Labute approximate surface area is 210 Å². The van der Waals surface area contributed by atoms with Crippen LogP contribution >= 0.6 is 11.3 Å². The van der Waals surface area contributed by atoms with Crippen LogP contribution in [0.15, 0.2) is 60.0 Å². The molecule has 0 unspecified atom stereocenters. The zero-order valence-corrected chi connectivity index (χ0v) is 21.2. The maximum atomic E-state index is 13.6. The Morgan fingerprint density at radius 2 is 1.97 bits per heavy atom. The molecule has 0 saturated heterocycles. The minimum absolute atomic E-state index is 0.00233. The van der Waals surface area contributed by atoms with Crippen molar-refractivity contribution < 1.29 is 18.7 Å². The van der Waals surface area contributed by atoms with Crippen molar-refractivity contribution in [3.05, 3.63) is 87.4 Å². The first-order valence-electron chi connectivity index (χ1n) is 12.0. The lowest BCUT2D eigenvalue weighted by Crippen LogP contribution is -2.49. The molecular weight excluding hydrogens is 463 g/mol. The Bertz CT molecular complexity index is 1180. The quantitative estimate of drug-likeness (QED) is 0.407. The minimum atomic E-state index is -0.367. The highest BCUT2D eigenvalue weighted by Gasteiger charge is 2.34. The summed E-state index contributed by atoms with van der Waals surface area (Å²) < 4.78 is 19.6. The maximum absolute atomic E-state index is 13.6. The van der Waals surface area contributed by atoms with Crippen LogP contribution in [0.3, 0.4) is 0 Å². The number of nitrogens with zero attached hydrogens (tertiary/aromatic N) is 2. The van der Waals surface area contributed by atoms with Gasteiger partial charge in [-0.2, -0.15) is 0 Å². The molecule has 2 atom stereocenters. The lowest BCUT2D eigenvalue weighted by molar-refractivity contribution is -0.136. The normalized spacial score (nSPS) is 15.9. The summed E-state index contributed by atoms with van der Waals surface area (Å²) in [5.74, 6) is -0.200. The Kier molecular flexibility index (Phi) is 7.86. The molecule has 184 valence electrons. The summed E-state index contributed by atoms with van der Waals surface area (Å²) in [7, 11) is 0. The van der Waals surface area contributed by atoms with Gasteiger partial charge in [0.05, 0.1) is 6.04 Å². The summed E-state index contributed by atoms with van der Waals surface area (Å²) in [5.41, 5.74) is 2.72. The zero-order valence-electron chi connectivity index (χ0n) is 20.4. The van der Waals surface area contributed by atoms with E-state index in [1.165, 1.54) is 17.0 Å². The van der Waals surface area contributed by atoms with E-state index in [1.807, 2.05) is 61.4 Å². The van der Waals surface area contributed by atoms with Gasteiger partial charge in [0.15, 0.2) is 0 Å². The lowest BCUT2D eigenvalue weighted by Gasteiger charge is -2.38. The van der Waals surface area contributed by atoms with Crippen molar-refractivity contribution in [1.82, 2.24) is 9.80 Å². The van der Waals surface area contributed by atoms with E-state index >= 15 is 0 Å². The molecule has 0 N–H and O–H groups in total. The maximum Gasteiger partial charge on any atom is 0.254 e. The first-order chi connectivity index (χ1) is 16.9. The molecule has 2 aromatic carbocycles. The highest BCUT2D eigenvalue weighted by atomic mass is 32.1. The van der Waals surface area contributed by atoms with Gasteiger partial charge in [-0.15, -0.1) is 11.3 Å². The summed E-state index contributed by atoms with van der Waals surface area (Å²) >= 11 is 1.67. The third-order valence-corrected chi connectivity index (χ3v) is 7.60. The number of ether oxygens (including phenoxy) is 1. The largest absolute Gasteiger partial charge is 0.491 e. The number of halogens is 1. The fourth-order valence-corrected chi connectivity index (χ4v) is 5.28. The first kappa shape index (κ1) is 24.9. The molecule has 2 amide bonds. The molecule has 1 aliphatic heterocycles. The Morgan fingerprint density at radius 1 is 1.20 bits per heavy atom. The van der Waals surface area contributed by atoms with E-state index in [1.54, 1.807) is 28.4 Å². The summed E-state index contributed by atoms with van der Waals surface area (Å²) in [6.07, 6.45) is 1.51. The second-order valence-corrected chi connectivity index (χ2v) is 9.98. The zero-order chi connectivity index (χ0) is 24.9. The van der Waals surface area contributed by atoms with E-state index < -0.39 is 0 Å². The third kappa shape index (κ3) is 5.73. The highest BCUT2D eigenvalue weighted by Crippen LogP contribution is 2.34. The van der Waals surface area contributed by atoms with Gasteiger partial charge >= 0.3 is 0 Å². The van der Waals surface area contributed by atoms with Gasteiger partial charge in [-0.3, -0.25) is 9.59 Å². The molecule has 0 aliphatic carbocycles. The second kappa shape index (κ2) is 11.0. The number of rotatable bonds is 8. The number of carbonyl (C=O) groups is 2. The van der Waals surface area contributed by atoms with Gasteiger partial charge in [0, 0.05) is 29.1 Å². The Hall–Kier alpha value is -3.19. The van der Waals surface area contributed by atoms with Crippen molar-refractivity contribution >= 4 is 23.2 Å². The number of amides is 2. The number of aryl methyl sites for hydroxylation is 1. The molecule has 5 nitrogen and oxygen atoms in total. The Morgan fingerprint density at radius 3 is 2.69 bits per heavy atom. The van der Waals surface area contributed by atoms with Gasteiger partial charge in [0.2, 0.25) is 5.91 Å². The van der Waals surface area contributed by atoms with E-state index in [4.69, 9.17) is 4.74 Å². The highest BCUT2D eigenvalue weighted by molar-refractivity contribution is 7.10. The van der Waals surface area contributed by atoms with Gasteiger partial charge in [-0.25, -0.2) is 4.39 Å². The van der Waals surface area contributed by atoms with Gasteiger partial charge in [0.1, 0.15) is 24.7 Å². The van der Waals surface area contributed by atoms with Crippen LogP contribution in [-0.4, -0.2) is 47.4 Å². The molecule has 3 aromatic rings. The molecule has 7 heteroatoms. The summed E-state index contributed by atoms with van der Waals surface area (Å²) in [6, 6.07) is 15.1. The van der Waals surface area contributed by atoms with Crippen LogP contribution in [0.4, 0.5) is 4.39 Å². The van der Waals surface area contributed by atoms with Crippen LogP contribution in [0, 0.1) is 12.7 Å². The van der Waals surface area contributed by atoms with Crippen molar-refractivity contribution in [1.29, 1.82) is 0 Å². The van der Waals surface area contributed by atoms with Gasteiger partial charge < -0.3 is 14.5 Å². The summed E-state index contributed by atoms with van der Waals surface area (Å²) in [4.78, 5) is 31.7. The van der Waals surface area contributed by atoms with E-state index in [2.05, 4.69) is 0 Å². The van der Waals surface area contributed by atoms with E-state index in [9.17, 15) is 14.0 Å². The standard InChI is InChI=1S/C28H31FN2O3S/c1-4-20(3)31(28(33)21-10-8-19(2)9-11-21)17-27(32)30-14-12-26-24(13-15-35-26)25(30)18-34-23-7-5-6-22(29)16-23/h5-11,13,15-16,20,25H,4,12,14,17-18H2,1-3H3/t20-,25+/m0/s1. The monoisotopic (exact) mass is 494 g/mol. The smallest absolute Gasteiger partial charge is 0.254 e. The molecule has 4 rings (SSSR count). The fraction of sp³-hybridized carbons (Fsp3) is 0.357. The molecule has 2 heterocycles. The fourth-order valence-electron chi connectivity index (χ4n) is 4.35. The van der Waals surface area contributed by atoms with Crippen molar-refractivity contribution in [3.8, 4) is 5.75 Å². The molecule has 1 aliphatic rings. The van der Waals surface area contributed by atoms with Crippen LogP contribution in [0.5, 0.6) is 5.75 Å². The number of hydrogen-bond acceptors (Lipinski definition) is 4. The van der Waals surface area contributed by atoms with Crippen LogP contribution in [0.25, 0.3) is 0 Å². The van der Waals surface area contributed by atoms with E-state index in [-0.39, 0.29) is 42.9 Å². The third-order valence-electron chi connectivity index (χ3n) is 6.61. The molecule has 0 saturated carbocycles.